The summed E-state index contributed by atoms with van der Waals surface area (Å²) in [6, 6.07) is 31.6. The summed E-state index contributed by atoms with van der Waals surface area (Å²) in [7, 11) is 3.80. The second kappa shape index (κ2) is 27.8. The molecule has 10 N–H and O–H groups in total. The van der Waals surface area contributed by atoms with Crippen LogP contribution in [0, 0.1) is 40.7 Å². The molecular weight excluding hydrogens is 1220 g/mol. The Morgan fingerprint density at radius 1 is 0.527 bits per heavy atom. The third kappa shape index (κ3) is 13.9. The topological polar surface area (TPSA) is 315 Å². The maximum Gasteiger partial charge on any atom is 0.413 e. The first-order valence-electron chi connectivity index (χ1n) is 28.2. The number of carbonyl (C=O) groups excluding carboxylic acids is 2. The van der Waals surface area contributed by atoms with E-state index < -0.39 is 47.1 Å². The molecule has 6 heterocycles. The predicted octanol–water partition coefficient (Wildman–Crippen LogP) is 11.5. The molecule has 0 aliphatic heterocycles. The number of para-hydroxylation sites is 1. The van der Waals surface area contributed by atoms with E-state index >= 15 is 0 Å². The smallest absolute Gasteiger partial charge is 0.413 e. The Labute approximate surface area is 523 Å². The maximum absolute atomic E-state index is 14.7. The summed E-state index contributed by atoms with van der Waals surface area (Å²) < 4.78 is 113. The largest absolute Gasteiger partial charge is 0.453 e. The molecule has 2 amide bonds. The zero-order chi connectivity index (χ0) is 66.2. The van der Waals surface area contributed by atoms with E-state index in [0.717, 1.165) is 23.9 Å². The highest BCUT2D eigenvalue weighted by Gasteiger charge is 2.26. The molecule has 0 unspecified atom stereocenters. The van der Waals surface area contributed by atoms with Crippen molar-refractivity contribution in [1.82, 2.24) is 59.2 Å². The molecule has 30 heteroatoms. The zero-order valence-electron chi connectivity index (χ0n) is 49.8. The quantitative estimate of drug-likeness (QED) is 0.0410. The van der Waals surface area contributed by atoms with Crippen molar-refractivity contribution in [3.63, 3.8) is 0 Å². The number of benzene rings is 6. The molecular formula is C63H56F7N19O4. The van der Waals surface area contributed by atoms with Crippen LogP contribution in [-0.2, 0) is 29.1 Å². The van der Waals surface area contributed by atoms with Gasteiger partial charge < -0.3 is 37.7 Å². The first-order valence-corrected chi connectivity index (χ1v) is 28.2. The van der Waals surface area contributed by atoms with Crippen LogP contribution in [0.2, 0.25) is 0 Å². The Bertz CT molecular complexity index is 4730. The summed E-state index contributed by atoms with van der Waals surface area (Å²) in [4.78, 5) is 49.5. The van der Waals surface area contributed by atoms with Gasteiger partial charge >= 0.3 is 12.2 Å². The SMILES string of the molecule is CCCCNc1nc(-c2nn(Cc3ccccc3F)c3c(F)cccc23)ncc1F.COC(=O)N(C)c1c(N)nc(-c2nn(Cc3ccccc3F)c3ccc(F)cc23)nc1N.COC(=O)Nc1c(N)nc(-c2nn(Cc3ccccc3F)c3ccc(F)cc23)nc1N. The number of methoxy groups -OCH3 is 2. The Morgan fingerprint density at radius 2 is 0.989 bits per heavy atom. The standard InChI is InChI=1S/C22H20F3N5.C21H19F2N7O2.C20H17F2N7O2/c1-2-3-11-26-21-18(25)12-27-22(28-21)19-15-8-6-10-17(24)20(15)30(29-19)13-14-7-4-5-9-16(14)23;1-29(21(31)32-2)17-18(24)26-20(27-19(17)25)16-13-9-12(22)7-8-15(13)30(28-16)10-11-5-3-4-6-14(11)23;1-31-20(30)25-16-17(23)26-19(27-18(16)24)15-12-8-11(21)6-7-14(12)29(28-15)9-10-4-2-3-5-13(10)22/h4-10,12H,2-3,11,13H2,1H3,(H,26,27,28);3-9H,10H2,1-2H3,(H4,24,25,26,27);2-8H,9H2,1H3,(H,25,30)(H4,23,24,26,27). The lowest BCUT2D eigenvalue weighted by Gasteiger charge is -2.18. The van der Waals surface area contributed by atoms with E-state index in [4.69, 9.17) is 22.9 Å². The number of carbonyl (C=O) groups is 2. The van der Waals surface area contributed by atoms with Crippen molar-refractivity contribution in [2.45, 2.75) is 39.4 Å². The molecule has 476 valence electrons. The molecule has 0 aliphatic rings. The number of hydrogen-bond donors (Lipinski definition) is 6. The lowest BCUT2D eigenvalue weighted by Crippen LogP contribution is -2.28. The summed E-state index contributed by atoms with van der Waals surface area (Å²) in [5, 5.41) is 20.0. The summed E-state index contributed by atoms with van der Waals surface area (Å²) in [6.45, 7) is 2.84. The number of halogens is 7. The van der Waals surface area contributed by atoms with Crippen molar-refractivity contribution in [3.8, 4) is 34.6 Å². The molecule has 0 bridgehead atoms. The molecule has 93 heavy (non-hydrogen) atoms. The molecule has 0 aliphatic carbocycles. The molecule has 0 atom stereocenters. The predicted molar refractivity (Wildman–Crippen MR) is 336 cm³/mol. The highest BCUT2D eigenvalue weighted by molar-refractivity contribution is 5.98. The second-order valence-electron chi connectivity index (χ2n) is 20.4. The van der Waals surface area contributed by atoms with Crippen LogP contribution in [0.1, 0.15) is 36.5 Å². The van der Waals surface area contributed by atoms with Gasteiger partial charge in [0.1, 0.15) is 68.9 Å². The zero-order valence-corrected chi connectivity index (χ0v) is 49.8. The molecule has 23 nitrogen and oxygen atoms in total. The van der Waals surface area contributed by atoms with Crippen molar-refractivity contribution in [3.05, 3.63) is 191 Å². The summed E-state index contributed by atoms with van der Waals surface area (Å²) in [5.74, 6) is -3.38. The fourth-order valence-electron chi connectivity index (χ4n) is 9.75. The number of hydrogen-bond acceptors (Lipinski definition) is 18. The number of rotatable bonds is 15. The van der Waals surface area contributed by atoms with E-state index in [9.17, 15) is 40.3 Å². The minimum atomic E-state index is -0.795. The van der Waals surface area contributed by atoms with E-state index in [0.29, 0.717) is 56.1 Å². The van der Waals surface area contributed by atoms with Crippen LogP contribution in [0.3, 0.4) is 0 Å². The second-order valence-corrected chi connectivity index (χ2v) is 20.4. The lowest BCUT2D eigenvalue weighted by molar-refractivity contribution is 0.180. The molecule has 0 fully saturated rings. The number of nitrogen functional groups attached to an aromatic ring is 4. The maximum atomic E-state index is 14.7. The Kier molecular flexibility index (Phi) is 19.1. The van der Waals surface area contributed by atoms with Gasteiger partial charge in [-0.1, -0.05) is 80.1 Å². The van der Waals surface area contributed by atoms with Crippen molar-refractivity contribution in [2.75, 3.05) is 66.3 Å². The number of anilines is 7. The Balaban J connectivity index is 0.000000153. The van der Waals surface area contributed by atoms with Gasteiger partial charge in [0.2, 0.25) is 0 Å². The van der Waals surface area contributed by atoms with Gasteiger partial charge in [0.15, 0.2) is 52.4 Å². The lowest BCUT2D eigenvalue weighted by atomic mass is 10.2. The monoisotopic (exact) mass is 1280 g/mol. The van der Waals surface area contributed by atoms with Crippen molar-refractivity contribution >= 4 is 85.4 Å². The molecule has 0 spiro atoms. The molecule has 6 aromatic carbocycles. The molecule has 6 aromatic heterocycles. The van der Waals surface area contributed by atoms with Crippen molar-refractivity contribution in [2.24, 2.45) is 0 Å². The highest BCUT2D eigenvalue weighted by atomic mass is 19.2. The van der Waals surface area contributed by atoms with E-state index in [-0.39, 0.29) is 100 Å². The number of aromatic nitrogens is 12. The Morgan fingerprint density at radius 3 is 1.47 bits per heavy atom. The van der Waals surface area contributed by atoms with Gasteiger partial charge in [0.05, 0.1) is 51.1 Å². The minimum absolute atomic E-state index is 0.0168. The van der Waals surface area contributed by atoms with Crippen LogP contribution in [0.15, 0.2) is 134 Å². The van der Waals surface area contributed by atoms with Crippen LogP contribution in [0.25, 0.3) is 67.3 Å². The fraction of sp³-hybridized carbons (Fsp3) is 0.159. The van der Waals surface area contributed by atoms with E-state index in [1.165, 1.54) is 96.0 Å². The highest BCUT2D eigenvalue weighted by Crippen LogP contribution is 2.36. The van der Waals surface area contributed by atoms with Crippen molar-refractivity contribution in [1.29, 1.82) is 0 Å². The van der Waals surface area contributed by atoms with Gasteiger partial charge in [-0.2, -0.15) is 15.3 Å². The van der Waals surface area contributed by atoms with Gasteiger partial charge in [-0.15, -0.1) is 0 Å². The molecule has 0 saturated carbocycles. The summed E-state index contributed by atoms with van der Waals surface area (Å²) >= 11 is 0. The fourth-order valence-corrected chi connectivity index (χ4v) is 9.75. The number of ether oxygens (including phenoxy) is 2. The molecule has 0 radical (unpaired) electrons. The number of fused-ring (bicyclic) bond motifs is 3. The van der Waals surface area contributed by atoms with E-state index in [2.05, 4.69) is 65.3 Å². The van der Waals surface area contributed by atoms with Gasteiger partial charge in [-0.3, -0.25) is 24.3 Å². The average Bonchev–Trinajstić information content (AvgIpc) is 1.80. The third-order valence-corrected chi connectivity index (χ3v) is 14.3. The van der Waals surface area contributed by atoms with E-state index in [1.54, 1.807) is 66.7 Å². The minimum Gasteiger partial charge on any atom is -0.453 e. The van der Waals surface area contributed by atoms with Gasteiger partial charge in [0, 0.05) is 46.4 Å². The number of nitrogens with two attached hydrogens (primary N) is 4. The van der Waals surface area contributed by atoms with Gasteiger partial charge in [0.25, 0.3) is 0 Å². The van der Waals surface area contributed by atoms with Crippen LogP contribution < -0.4 is 38.5 Å². The van der Waals surface area contributed by atoms with Gasteiger partial charge in [-0.05, 0) is 67.1 Å². The molecule has 12 rings (SSSR count). The van der Waals surface area contributed by atoms with Crippen molar-refractivity contribution < 1.29 is 49.8 Å². The van der Waals surface area contributed by atoms with Crippen LogP contribution in [-0.4, -0.2) is 99.2 Å². The first-order chi connectivity index (χ1) is 44.7. The van der Waals surface area contributed by atoms with Gasteiger partial charge in [-0.25, -0.2) is 70.2 Å². The summed E-state index contributed by atoms with van der Waals surface area (Å²) in [5.41, 5.74) is 27.2. The normalized spacial score (nSPS) is 11.0. The van der Waals surface area contributed by atoms with Crippen LogP contribution in [0.4, 0.5) is 80.8 Å². The van der Waals surface area contributed by atoms with E-state index in [1.807, 2.05) is 6.92 Å². The van der Waals surface area contributed by atoms with Crippen LogP contribution >= 0.6 is 0 Å². The number of nitrogens with zero attached hydrogens (tertiary/aromatic N) is 13. The number of nitrogens with one attached hydrogen (secondary N) is 2. The third-order valence-electron chi connectivity index (χ3n) is 14.3. The average molecular weight is 1280 g/mol. The molecule has 0 saturated heterocycles. The number of amides is 2. The Hall–Kier alpha value is -12.0. The first kappa shape index (κ1) is 64.0. The summed E-state index contributed by atoms with van der Waals surface area (Å²) in [6.07, 6.45) is 1.39. The molecule has 12 aromatic rings. The number of unbranched alkanes of at least 4 members (excludes halogenated alkanes) is 1. The van der Waals surface area contributed by atoms with Crippen LogP contribution in [0.5, 0.6) is 0 Å².